The lowest BCUT2D eigenvalue weighted by molar-refractivity contribution is 0.0786. The Balaban J connectivity index is 1.77. The van der Waals surface area contributed by atoms with E-state index in [1.165, 1.54) is 23.5 Å². The molecule has 0 aliphatic heterocycles. The van der Waals surface area contributed by atoms with Crippen molar-refractivity contribution in [1.82, 2.24) is 4.90 Å². The van der Waals surface area contributed by atoms with E-state index in [0.29, 0.717) is 17.8 Å². The van der Waals surface area contributed by atoms with Crippen LogP contribution >= 0.6 is 11.3 Å². The van der Waals surface area contributed by atoms with Crippen LogP contribution in [0.3, 0.4) is 0 Å². The maximum absolute atomic E-state index is 12.8. The molecule has 0 aliphatic carbocycles. The first-order valence-corrected chi connectivity index (χ1v) is 10.6. The molecule has 1 amide bonds. The highest BCUT2D eigenvalue weighted by molar-refractivity contribution is 7.92. The van der Waals surface area contributed by atoms with Crippen LogP contribution in [0.4, 0.5) is 5.69 Å². The largest absolute Gasteiger partial charge is 0.337 e. The van der Waals surface area contributed by atoms with Crippen LogP contribution in [0.1, 0.15) is 15.2 Å². The number of thiophene rings is 1. The Kier molecular flexibility index (Phi) is 5.62. The summed E-state index contributed by atoms with van der Waals surface area (Å²) in [5, 5.41) is 1.97. The average Bonchev–Trinajstić information content (AvgIpc) is 3.20. The summed E-state index contributed by atoms with van der Waals surface area (Å²) >= 11 is 1.59. The zero-order chi connectivity index (χ0) is 19.4. The summed E-state index contributed by atoms with van der Waals surface area (Å²) in [5.41, 5.74) is 1.03. The van der Waals surface area contributed by atoms with Gasteiger partial charge in [0.2, 0.25) is 0 Å². The van der Waals surface area contributed by atoms with Crippen molar-refractivity contribution in [2.24, 2.45) is 0 Å². The van der Waals surface area contributed by atoms with Crippen molar-refractivity contribution in [3.8, 4) is 0 Å². The number of rotatable bonds is 6. The van der Waals surface area contributed by atoms with Crippen molar-refractivity contribution in [1.29, 1.82) is 0 Å². The molecule has 0 N–H and O–H groups in total. The molecule has 3 aromatic rings. The van der Waals surface area contributed by atoms with Crippen LogP contribution in [0.5, 0.6) is 0 Å². The molecule has 7 heteroatoms. The molecule has 1 heterocycles. The van der Waals surface area contributed by atoms with E-state index in [1.807, 2.05) is 23.6 Å². The zero-order valence-corrected chi connectivity index (χ0v) is 16.7. The maximum Gasteiger partial charge on any atom is 0.264 e. The highest BCUT2D eigenvalue weighted by Gasteiger charge is 2.22. The van der Waals surface area contributed by atoms with Crippen molar-refractivity contribution in [2.75, 3.05) is 18.4 Å². The molecule has 0 atom stereocenters. The lowest BCUT2D eigenvalue weighted by Crippen LogP contribution is -2.27. The van der Waals surface area contributed by atoms with Crippen LogP contribution in [0.2, 0.25) is 0 Å². The molecule has 0 radical (unpaired) electrons. The third-order valence-corrected chi connectivity index (χ3v) is 6.86. The van der Waals surface area contributed by atoms with Crippen molar-refractivity contribution in [2.45, 2.75) is 11.4 Å². The van der Waals surface area contributed by atoms with E-state index >= 15 is 0 Å². The van der Waals surface area contributed by atoms with Crippen LogP contribution in [0.15, 0.2) is 77.0 Å². The monoisotopic (exact) mass is 400 g/mol. The van der Waals surface area contributed by atoms with E-state index in [9.17, 15) is 13.2 Å². The number of para-hydroxylation sites is 1. The Labute approximate surface area is 163 Å². The van der Waals surface area contributed by atoms with Gasteiger partial charge < -0.3 is 4.90 Å². The van der Waals surface area contributed by atoms with Gasteiger partial charge in [-0.1, -0.05) is 24.3 Å². The number of hydrogen-bond donors (Lipinski definition) is 0. The van der Waals surface area contributed by atoms with Gasteiger partial charge in [-0.25, -0.2) is 8.42 Å². The van der Waals surface area contributed by atoms with Gasteiger partial charge in [-0.3, -0.25) is 9.10 Å². The van der Waals surface area contributed by atoms with Gasteiger partial charge in [0, 0.05) is 24.5 Å². The van der Waals surface area contributed by atoms with Crippen LogP contribution in [-0.4, -0.2) is 33.3 Å². The average molecular weight is 401 g/mol. The second-order valence-corrected chi connectivity index (χ2v) is 9.07. The summed E-state index contributed by atoms with van der Waals surface area (Å²) in [6.07, 6.45) is 0. The van der Waals surface area contributed by atoms with Gasteiger partial charge in [-0.05, 0) is 47.8 Å². The number of amides is 1. The van der Waals surface area contributed by atoms with Gasteiger partial charge in [0.25, 0.3) is 15.9 Å². The summed E-state index contributed by atoms with van der Waals surface area (Å²) in [5.74, 6) is -0.149. The Morgan fingerprint density at radius 3 is 2.19 bits per heavy atom. The van der Waals surface area contributed by atoms with Gasteiger partial charge >= 0.3 is 0 Å². The first kappa shape index (κ1) is 19.1. The summed E-state index contributed by atoms with van der Waals surface area (Å²) < 4.78 is 26.8. The Morgan fingerprint density at radius 1 is 0.926 bits per heavy atom. The lowest BCUT2D eigenvalue weighted by atomic mass is 10.2. The van der Waals surface area contributed by atoms with E-state index < -0.39 is 10.0 Å². The SMILES string of the molecule is CN(Cc1cccs1)C(=O)c1ccc(S(=O)(=O)N(C)c2ccccc2)cc1. The Hall–Kier alpha value is -2.64. The van der Waals surface area contributed by atoms with Gasteiger partial charge in [-0.15, -0.1) is 11.3 Å². The summed E-state index contributed by atoms with van der Waals surface area (Å²) in [4.78, 5) is 15.4. The Morgan fingerprint density at radius 2 is 1.59 bits per heavy atom. The fourth-order valence-electron chi connectivity index (χ4n) is 2.63. The molecule has 0 aliphatic rings. The van der Waals surface area contributed by atoms with E-state index in [-0.39, 0.29) is 10.8 Å². The van der Waals surface area contributed by atoms with E-state index in [4.69, 9.17) is 0 Å². The predicted molar refractivity (Wildman–Crippen MR) is 109 cm³/mol. The van der Waals surface area contributed by atoms with Crippen molar-refractivity contribution < 1.29 is 13.2 Å². The maximum atomic E-state index is 12.8. The fraction of sp³-hybridized carbons (Fsp3) is 0.150. The molecule has 1 aromatic heterocycles. The molecule has 0 fully saturated rings. The number of anilines is 1. The van der Waals surface area contributed by atoms with Crippen LogP contribution in [0, 0.1) is 0 Å². The number of benzene rings is 2. The molecule has 140 valence electrons. The highest BCUT2D eigenvalue weighted by Crippen LogP contribution is 2.22. The number of carbonyl (C=O) groups excluding carboxylic acids is 1. The second kappa shape index (κ2) is 7.94. The van der Waals surface area contributed by atoms with Gasteiger partial charge in [0.1, 0.15) is 0 Å². The second-order valence-electron chi connectivity index (χ2n) is 6.07. The summed E-state index contributed by atoms with van der Waals surface area (Å²) in [6.45, 7) is 0.521. The normalized spacial score (nSPS) is 11.2. The van der Waals surface area contributed by atoms with E-state index in [0.717, 1.165) is 4.88 Å². The molecule has 0 spiro atoms. The number of carbonyl (C=O) groups is 1. The molecule has 0 bridgehead atoms. The van der Waals surface area contributed by atoms with Crippen molar-refractivity contribution >= 4 is 33.0 Å². The van der Waals surface area contributed by atoms with Gasteiger partial charge in [0.05, 0.1) is 17.1 Å². The van der Waals surface area contributed by atoms with Crippen molar-refractivity contribution in [3.63, 3.8) is 0 Å². The van der Waals surface area contributed by atoms with Crippen LogP contribution in [0.25, 0.3) is 0 Å². The van der Waals surface area contributed by atoms with Gasteiger partial charge in [0.15, 0.2) is 0 Å². The zero-order valence-electron chi connectivity index (χ0n) is 15.1. The molecular weight excluding hydrogens is 380 g/mol. The Bertz CT molecular complexity index is 999. The predicted octanol–water partition coefficient (Wildman–Crippen LogP) is 3.85. The number of nitrogens with zero attached hydrogens (tertiary/aromatic N) is 2. The fourth-order valence-corrected chi connectivity index (χ4v) is 4.59. The standard InChI is InChI=1S/C20H20N2O3S2/c1-21(15-18-9-6-14-26-18)20(23)16-10-12-19(13-11-16)27(24,25)22(2)17-7-4-3-5-8-17/h3-14H,15H2,1-2H3. The van der Waals surface area contributed by atoms with Crippen LogP contribution in [-0.2, 0) is 16.6 Å². The van der Waals surface area contributed by atoms with E-state index in [2.05, 4.69) is 0 Å². The number of sulfonamides is 1. The molecule has 0 saturated heterocycles. The number of hydrogen-bond acceptors (Lipinski definition) is 4. The summed E-state index contributed by atoms with van der Waals surface area (Å²) in [7, 11) is -0.441. The molecule has 27 heavy (non-hydrogen) atoms. The first-order chi connectivity index (χ1) is 12.9. The topological polar surface area (TPSA) is 57.7 Å². The third kappa shape index (κ3) is 4.20. The third-order valence-electron chi connectivity index (χ3n) is 4.20. The molecule has 2 aromatic carbocycles. The minimum atomic E-state index is -3.69. The molecule has 0 saturated carbocycles. The molecule has 3 rings (SSSR count). The molecule has 0 unspecified atom stereocenters. The lowest BCUT2D eigenvalue weighted by Gasteiger charge is -2.20. The van der Waals surface area contributed by atoms with Gasteiger partial charge in [-0.2, -0.15) is 0 Å². The van der Waals surface area contributed by atoms with Crippen LogP contribution < -0.4 is 4.31 Å². The minimum absolute atomic E-state index is 0.145. The quantitative estimate of drug-likeness (QED) is 0.632. The smallest absolute Gasteiger partial charge is 0.264 e. The van der Waals surface area contributed by atoms with Crippen molar-refractivity contribution in [3.05, 3.63) is 82.6 Å². The highest BCUT2D eigenvalue weighted by atomic mass is 32.2. The molecule has 5 nitrogen and oxygen atoms in total. The summed E-state index contributed by atoms with van der Waals surface area (Å²) in [6, 6.07) is 18.8. The molecular formula is C20H20N2O3S2. The first-order valence-electron chi connectivity index (χ1n) is 8.31. The minimum Gasteiger partial charge on any atom is -0.337 e. The van der Waals surface area contributed by atoms with E-state index in [1.54, 1.807) is 59.7 Å².